The van der Waals surface area contributed by atoms with E-state index in [0.717, 1.165) is 18.6 Å². The van der Waals surface area contributed by atoms with Crippen molar-refractivity contribution < 1.29 is 22.1 Å². The molecule has 0 heterocycles. The Morgan fingerprint density at radius 3 is 2.25 bits per heavy atom. The van der Waals surface area contributed by atoms with E-state index in [4.69, 9.17) is 13.7 Å². The molecule has 0 radical (unpaired) electrons. The van der Waals surface area contributed by atoms with E-state index in [1.54, 1.807) is 0 Å². The lowest BCUT2D eigenvalue weighted by molar-refractivity contribution is 0.0779. The first-order chi connectivity index (χ1) is 11.6. The minimum absolute atomic E-state index is 0.0590. The number of hydrogen-bond acceptors (Lipinski definition) is 5. The molecule has 0 N–H and O–H groups in total. The maximum atomic E-state index is 11.7. The second-order valence-corrected chi connectivity index (χ2v) is 7.38. The van der Waals surface area contributed by atoms with Gasteiger partial charge in [-0.25, -0.2) is 0 Å². The van der Waals surface area contributed by atoms with Gasteiger partial charge in [0, 0.05) is 0 Å². The van der Waals surface area contributed by atoms with Gasteiger partial charge in [0.2, 0.25) is 0 Å². The third-order valence-electron chi connectivity index (χ3n) is 3.48. The Morgan fingerprint density at radius 1 is 0.833 bits per heavy atom. The SMILES string of the molecule is CCCCCCCCS(=O)(=O)OCCOCCOc1ccccc1. The van der Waals surface area contributed by atoms with Crippen LogP contribution >= 0.6 is 0 Å². The molecule has 24 heavy (non-hydrogen) atoms. The Bertz CT molecular complexity index is 501. The first kappa shape index (κ1) is 20.9. The van der Waals surface area contributed by atoms with Crippen LogP contribution in [0.4, 0.5) is 0 Å². The third-order valence-corrected chi connectivity index (χ3v) is 4.79. The molecule has 1 aromatic carbocycles. The van der Waals surface area contributed by atoms with Gasteiger partial charge in [-0.15, -0.1) is 0 Å². The van der Waals surface area contributed by atoms with Gasteiger partial charge in [-0.3, -0.25) is 4.18 Å². The van der Waals surface area contributed by atoms with Crippen molar-refractivity contribution >= 4 is 10.1 Å². The molecule has 0 unspecified atom stereocenters. The van der Waals surface area contributed by atoms with Crippen molar-refractivity contribution in [1.29, 1.82) is 0 Å². The van der Waals surface area contributed by atoms with Crippen molar-refractivity contribution in [2.75, 3.05) is 32.2 Å². The molecular formula is C18H30O5S. The van der Waals surface area contributed by atoms with Crippen molar-refractivity contribution in [1.82, 2.24) is 0 Å². The van der Waals surface area contributed by atoms with Crippen molar-refractivity contribution in [3.63, 3.8) is 0 Å². The van der Waals surface area contributed by atoms with Crippen molar-refractivity contribution in [2.45, 2.75) is 45.4 Å². The highest BCUT2D eigenvalue weighted by Crippen LogP contribution is 2.08. The molecule has 5 nitrogen and oxygen atoms in total. The van der Waals surface area contributed by atoms with Crippen LogP contribution in [0.25, 0.3) is 0 Å². The Morgan fingerprint density at radius 2 is 1.50 bits per heavy atom. The molecule has 0 spiro atoms. The van der Waals surface area contributed by atoms with Gasteiger partial charge in [0.1, 0.15) is 12.4 Å². The van der Waals surface area contributed by atoms with Crippen LogP contribution in [-0.4, -0.2) is 40.6 Å². The second-order valence-electron chi connectivity index (χ2n) is 5.63. The molecule has 0 saturated carbocycles. The van der Waals surface area contributed by atoms with Crippen LogP contribution in [0.15, 0.2) is 30.3 Å². The van der Waals surface area contributed by atoms with Crippen LogP contribution in [-0.2, 0) is 19.0 Å². The Balaban J connectivity index is 1.95. The summed E-state index contributed by atoms with van der Waals surface area (Å²) in [6.45, 7) is 3.29. The van der Waals surface area contributed by atoms with Gasteiger partial charge in [-0.2, -0.15) is 8.42 Å². The van der Waals surface area contributed by atoms with Crippen LogP contribution in [0.3, 0.4) is 0 Å². The lowest BCUT2D eigenvalue weighted by atomic mass is 10.1. The summed E-state index contributed by atoms with van der Waals surface area (Å²) in [4.78, 5) is 0. The summed E-state index contributed by atoms with van der Waals surface area (Å²) in [5.74, 6) is 0.884. The number of benzene rings is 1. The van der Waals surface area contributed by atoms with Crippen LogP contribution in [0.2, 0.25) is 0 Å². The highest BCUT2D eigenvalue weighted by atomic mass is 32.2. The van der Waals surface area contributed by atoms with Crippen molar-refractivity contribution in [3.05, 3.63) is 30.3 Å². The molecule has 0 aliphatic carbocycles. The molecule has 1 aromatic rings. The van der Waals surface area contributed by atoms with E-state index in [1.165, 1.54) is 19.3 Å². The molecule has 0 aliphatic rings. The summed E-state index contributed by atoms with van der Waals surface area (Å²) in [5, 5.41) is 0. The van der Waals surface area contributed by atoms with Crippen molar-refractivity contribution in [2.24, 2.45) is 0 Å². The van der Waals surface area contributed by atoms with Crippen LogP contribution in [0.1, 0.15) is 45.4 Å². The maximum absolute atomic E-state index is 11.7. The van der Waals surface area contributed by atoms with E-state index >= 15 is 0 Å². The fourth-order valence-electron chi connectivity index (χ4n) is 2.18. The van der Waals surface area contributed by atoms with E-state index in [-0.39, 0.29) is 19.0 Å². The quantitative estimate of drug-likeness (QED) is 0.353. The largest absolute Gasteiger partial charge is 0.491 e. The van der Waals surface area contributed by atoms with E-state index in [0.29, 0.717) is 19.6 Å². The average Bonchev–Trinajstić information content (AvgIpc) is 2.58. The molecule has 6 heteroatoms. The summed E-state index contributed by atoms with van der Waals surface area (Å²) < 4.78 is 39.1. The summed E-state index contributed by atoms with van der Waals surface area (Å²) in [6.07, 6.45) is 6.28. The van der Waals surface area contributed by atoms with Crippen LogP contribution in [0, 0.1) is 0 Å². The number of rotatable bonds is 15. The van der Waals surface area contributed by atoms with Gasteiger partial charge < -0.3 is 9.47 Å². The highest BCUT2D eigenvalue weighted by molar-refractivity contribution is 7.86. The third kappa shape index (κ3) is 11.4. The fraction of sp³-hybridized carbons (Fsp3) is 0.667. The lowest BCUT2D eigenvalue weighted by Crippen LogP contribution is -2.16. The highest BCUT2D eigenvalue weighted by Gasteiger charge is 2.10. The lowest BCUT2D eigenvalue weighted by Gasteiger charge is -2.08. The minimum atomic E-state index is -3.42. The Hall–Kier alpha value is -1.11. The van der Waals surface area contributed by atoms with Gasteiger partial charge in [-0.1, -0.05) is 57.2 Å². The predicted molar refractivity (Wildman–Crippen MR) is 95.9 cm³/mol. The molecule has 0 atom stereocenters. The topological polar surface area (TPSA) is 61.8 Å². The molecule has 0 fully saturated rings. The molecule has 1 rings (SSSR count). The van der Waals surface area contributed by atoms with Gasteiger partial charge in [-0.05, 0) is 18.6 Å². The molecule has 0 bridgehead atoms. The van der Waals surface area contributed by atoms with Crippen LogP contribution < -0.4 is 4.74 Å². The Kier molecular flexibility index (Phi) is 11.5. The molecule has 0 aromatic heterocycles. The molecule has 0 amide bonds. The normalized spacial score (nSPS) is 11.5. The van der Waals surface area contributed by atoms with Gasteiger partial charge in [0.15, 0.2) is 0 Å². The fourth-order valence-corrected chi connectivity index (χ4v) is 3.17. The predicted octanol–water partition coefficient (Wildman–Crippen LogP) is 3.79. The summed E-state index contributed by atoms with van der Waals surface area (Å²) in [7, 11) is -3.42. The monoisotopic (exact) mass is 358 g/mol. The maximum Gasteiger partial charge on any atom is 0.267 e. The number of para-hydroxylation sites is 1. The van der Waals surface area contributed by atoms with E-state index in [1.807, 2.05) is 30.3 Å². The van der Waals surface area contributed by atoms with Gasteiger partial charge in [0.25, 0.3) is 10.1 Å². The standard InChI is InChI=1S/C18H30O5S/c1-2-3-4-5-6-10-17-24(19,20)23-16-14-21-13-15-22-18-11-8-7-9-12-18/h7-9,11-12H,2-6,10,13-17H2,1H3. The smallest absolute Gasteiger partial charge is 0.267 e. The first-order valence-electron chi connectivity index (χ1n) is 8.77. The van der Waals surface area contributed by atoms with Gasteiger partial charge >= 0.3 is 0 Å². The zero-order chi connectivity index (χ0) is 17.5. The minimum Gasteiger partial charge on any atom is -0.491 e. The van der Waals surface area contributed by atoms with E-state index in [9.17, 15) is 8.42 Å². The van der Waals surface area contributed by atoms with E-state index < -0.39 is 10.1 Å². The number of hydrogen-bond donors (Lipinski definition) is 0. The Labute approximate surface area is 146 Å². The first-order valence-corrected chi connectivity index (χ1v) is 10.3. The molecule has 138 valence electrons. The number of ether oxygens (including phenoxy) is 2. The van der Waals surface area contributed by atoms with Gasteiger partial charge in [0.05, 0.1) is 25.6 Å². The van der Waals surface area contributed by atoms with E-state index in [2.05, 4.69) is 6.92 Å². The molecule has 0 aliphatic heterocycles. The zero-order valence-electron chi connectivity index (χ0n) is 14.6. The average molecular weight is 359 g/mol. The second kappa shape index (κ2) is 13.2. The van der Waals surface area contributed by atoms with Crippen molar-refractivity contribution in [3.8, 4) is 5.75 Å². The summed E-state index contributed by atoms with van der Waals surface area (Å²) in [6, 6.07) is 9.47. The molecular weight excluding hydrogens is 328 g/mol. The summed E-state index contributed by atoms with van der Waals surface area (Å²) >= 11 is 0. The zero-order valence-corrected chi connectivity index (χ0v) is 15.4. The van der Waals surface area contributed by atoms with Crippen LogP contribution in [0.5, 0.6) is 5.75 Å². The molecule has 0 saturated heterocycles. The summed E-state index contributed by atoms with van der Waals surface area (Å²) in [5.41, 5.74) is 0. The number of unbranched alkanes of at least 4 members (excludes halogenated alkanes) is 5.